The van der Waals surface area contributed by atoms with Crippen molar-refractivity contribution in [3.8, 4) is 11.1 Å². The molecule has 2 aliphatic carbocycles. The van der Waals surface area contributed by atoms with Crippen LogP contribution in [-0.4, -0.2) is 16.5 Å². The van der Waals surface area contributed by atoms with Crippen molar-refractivity contribution >= 4 is 29.7 Å². The van der Waals surface area contributed by atoms with Gasteiger partial charge in [0.1, 0.15) is 0 Å². The van der Waals surface area contributed by atoms with Gasteiger partial charge in [0.15, 0.2) is 5.78 Å². The van der Waals surface area contributed by atoms with Crippen LogP contribution in [0.5, 0.6) is 0 Å². The van der Waals surface area contributed by atoms with Gasteiger partial charge >= 0.3 is 0 Å². The predicted octanol–water partition coefficient (Wildman–Crippen LogP) is 6.68. The van der Waals surface area contributed by atoms with Crippen LogP contribution in [0.4, 0.5) is 0 Å². The third-order valence-electron chi connectivity index (χ3n) is 7.39. The molecule has 0 bridgehead atoms. The molecule has 6 rings (SSSR count). The van der Waals surface area contributed by atoms with E-state index in [0.717, 1.165) is 47.6 Å². The largest absolute Gasteiger partial charge is 0.368 e. The number of nitrogens with one attached hydrogen (secondary N) is 1. The third kappa shape index (κ3) is 6.46. The fourth-order valence-corrected chi connectivity index (χ4v) is 6.15. The molecule has 40 heavy (non-hydrogen) atoms. The molecule has 0 amide bonds. The molecule has 4 heteroatoms. The lowest BCUT2D eigenvalue weighted by Crippen LogP contribution is -2.37. The van der Waals surface area contributed by atoms with Gasteiger partial charge < -0.3 is 5.32 Å². The van der Waals surface area contributed by atoms with Crippen LogP contribution in [-0.2, 0) is 19.3 Å². The second-order valence-corrected chi connectivity index (χ2v) is 11.4. The van der Waals surface area contributed by atoms with Crippen LogP contribution in [0.25, 0.3) is 23.3 Å². The summed E-state index contributed by atoms with van der Waals surface area (Å²) in [6.45, 7) is 6.36. The molecule has 2 heterocycles. The molecule has 0 radical (unpaired) electrons. The standard InChI is InChI=1S/C30H29NOS.C6H7N/c1-3-17-33-20(2)18-29-27(9-6-16-31-29)30(32)23-11-10-22-13-14-25-24-8-5-4-7-21(24)12-15-26(25)28(22)19-23;1-2-4-6-7-5-3-1/h4-9,13-16,19,23H,2-3,10-12,17-18H2,1H3;1-7H. The first-order valence-electron chi connectivity index (χ1n) is 14.1. The number of rotatable bonds is 7. The number of benzene rings is 2. The van der Waals surface area contributed by atoms with Gasteiger partial charge in [0.25, 0.3) is 0 Å². The number of fused-ring (bicyclic) bond motifs is 5. The highest BCUT2D eigenvalue weighted by atomic mass is 32.2. The van der Waals surface area contributed by atoms with Crippen LogP contribution >= 0.6 is 11.8 Å². The molecule has 3 aliphatic rings. The molecule has 0 spiro atoms. The van der Waals surface area contributed by atoms with Crippen molar-refractivity contribution in [2.45, 2.75) is 39.0 Å². The zero-order valence-electron chi connectivity index (χ0n) is 23.1. The first-order valence-corrected chi connectivity index (χ1v) is 15.1. The molecule has 2 aromatic carbocycles. The third-order valence-corrected chi connectivity index (χ3v) is 8.55. The Morgan fingerprint density at radius 2 is 1.80 bits per heavy atom. The van der Waals surface area contributed by atoms with Crippen molar-refractivity contribution in [2.75, 3.05) is 5.75 Å². The predicted molar refractivity (Wildman–Crippen MR) is 170 cm³/mol. The van der Waals surface area contributed by atoms with Crippen molar-refractivity contribution in [3.05, 3.63) is 136 Å². The molecule has 1 aromatic heterocycles. The van der Waals surface area contributed by atoms with E-state index in [2.05, 4.69) is 72.4 Å². The molecule has 1 atom stereocenters. The van der Waals surface area contributed by atoms with Crippen molar-refractivity contribution < 1.29 is 4.79 Å². The first-order chi connectivity index (χ1) is 19.7. The van der Waals surface area contributed by atoms with Gasteiger partial charge in [0.2, 0.25) is 0 Å². The molecule has 0 saturated carbocycles. The lowest BCUT2D eigenvalue weighted by molar-refractivity contribution is 0.0945. The van der Waals surface area contributed by atoms with Crippen LogP contribution in [0.3, 0.4) is 0 Å². The number of aromatic nitrogens is 1. The topological polar surface area (TPSA) is 42.0 Å². The number of allylic oxidation sites excluding steroid dienone is 5. The van der Waals surface area contributed by atoms with Gasteiger partial charge in [-0.1, -0.05) is 74.2 Å². The number of Topliss-reactive ketones (excluding diaryl/α,β-unsaturated/α-hetero) is 1. The van der Waals surface area contributed by atoms with E-state index in [9.17, 15) is 4.79 Å². The summed E-state index contributed by atoms with van der Waals surface area (Å²) >= 11 is 1.77. The maximum absolute atomic E-state index is 13.7. The first kappa shape index (κ1) is 27.7. The van der Waals surface area contributed by atoms with Crippen LogP contribution in [0.2, 0.25) is 0 Å². The fourth-order valence-electron chi connectivity index (χ4n) is 5.42. The quantitative estimate of drug-likeness (QED) is 0.337. The van der Waals surface area contributed by atoms with E-state index in [4.69, 9.17) is 0 Å². The smallest absolute Gasteiger partial charge is 0.171 e. The summed E-state index contributed by atoms with van der Waals surface area (Å²) in [5.74, 6) is 1.12. The van der Waals surface area contributed by atoms with Gasteiger partial charge in [-0.25, -0.2) is 0 Å². The van der Waals surface area contributed by atoms with E-state index in [0.29, 0.717) is 6.42 Å². The Balaban J connectivity index is 0.000000403. The van der Waals surface area contributed by atoms with E-state index in [1.807, 2.05) is 48.8 Å². The molecule has 3 aromatic rings. The van der Waals surface area contributed by atoms with Crippen molar-refractivity contribution in [2.24, 2.45) is 5.92 Å². The average Bonchev–Trinajstić information content (AvgIpc) is 3.33. The molecular formula is C36H36N2OS. The van der Waals surface area contributed by atoms with Gasteiger partial charge in [-0.3, -0.25) is 9.78 Å². The number of pyridine rings is 1. The van der Waals surface area contributed by atoms with Crippen molar-refractivity contribution in [1.29, 1.82) is 0 Å². The highest BCUT2D eigenvalue weighted by molar-refractivity contribution is 8.03. The van der Waals surface area contributed by atoms with E-state index in [1.165, 1.54) is 32.7 Å². The zero-order valence-corrected chi connectivity index (χ0v) is 23.9. The highest BCUT2D eigenvalue weighted by Crippen LogP contribution is 2.27. The van der Waals surface area contributed by atoms with E-state index in [1.54, 1.807) is 18.0 Å². The zero-order chi connectivity index (χ0) is 27.7. The lowest BCUT2D eigenvalue weighted by Gasteiger charge is -2.22. The Bertz CT molecular complexity index is 1600. The molecule has 0 saturated heterocycles. The fraction of sp³-hybridized carbons (Fsp3) is 0.222. The minimum Gasteiger partial charge on any atom is -0.368 e. The second-order valence-electron chi connectivity index (χ2n) is 10.2. The van der Waals surface area contributed by atoms with Gasteiger partial charge in [-0.2, -0.15) is 0 Å². The summed E-state index contributed by atoms with van der Waals surface area (Å²) in [6, 6.07) is 17.0. The minimum atomic E-state index is -0.117. The van der Waals surface area contributed by atoms with Crippen LogP contribution in [0.15, 0.2) is 103 Å². The van der Waals surface area contributed by atoms with Crippen LogP contribution in [0, 0.1) is 5.92 Å². The lowest BCUT2D eigenvalue weighted by atomic mass is 9.82. The normalized spacial score (nSPS) is 16.0. The maximum Gasteiger partial charge on any atom is 0.171 e. The Morgan fingerprint density at radius 1 is 0.975 bits per heavy atom. The number of aryl methyl sites for hydroxylation is 1. The summed E-state index contributed by atoms with van der Waals surface area (Å²) in [4.78, 5) is 19.3. The summed E-state index contributed by atoms with van der Waals surface area (Å²) in [5, 5.41) is 5.46. The van der Waals surface area contributed by atoms with E-state index in [-0.39, 0.29) is 11.7 Å². The Kier molecular flexibility index (Phi) is 9.30. The molecule has 202 valence electrons. The number of ketones is 1. The maximum atomic E-state index is 13.7. The van der Waals surface area contributed by atoms with Crippen LogP contribution < -0.4 is 15.8 Å². The Morgan fingerprint density at radius 3 is 2.62 bits per heavy atom. The monoisotopic (exact) mass is 544 g/mol. The highest BCUT2D eigenvalue weighted by Gasteiger charge is 2.25. The second kappa shape index (κ2) is 13.5. The van der Waals surface area contributed by atoms with E-state index >= 15 is 0 Å². The SMILES string of the molecule is C1=CC=CNC=C1.C=C(Cc1ncccc1C(=O)C1C=c2c(ccc3c2=CCc2ccccc2-3)CC1)SCCC. The molecular weight excluding hydrogens is 508 g/mol. The Hall–Kier alpha value is -3.89. The number of thioether (sulfide) groups is 1. The average molecular weight is 545 g/mol. The Labute approximate surface area is 241 Å². The van der Waals surface area contributed by atoms with Crippen molar-refractivity contribution in [1.82, 2.24) is 10.3 Å². The summed E-state index contributed by atoms with van der Waals surface area (Å²) in [6.07, 6.45) is 22.4. The number of hydrogen-bond donors (Lipinski definition) is 1. The molecule has 3 nitrogen and oxygen atoms in total. The molecule has 1 unspecified atom stereocenters. The van der Waals surface area contributed by atoms with Gasteiger partial charge in [-0.05, 0) is 93.3 Å². The van der Waals surface area contributed by atoms with Gasteiger partial charge in [0.05, 0.1) is 5.69 Å². The van der Waals surface area contributed by atoms with Crippen molar-refractivity contribution in [3.63, 3.8) is 0 Å². The summed E-state index contributed by atoms with van der Waals surface area (Å²) in [5.41, 5.74) is 6.92. The van der Waals surface area contributed by atoms with Crippen LogP contribution in [0.1, 0.15) is 46.9 Å². The summed E-state index contributed by atoms with van der Waals surface area (Å²) in [7, 11) is 0. The number of carbonyl (C=O) groups is 1. The minimum absolute atomic E-state index is 0.117. The summed E-state index contributed by atoms with van der Waals surface area (Å²) < 4.78 is 0. The van der Waals surface area contributed by atoms with Gasteiger partial charge in [0, 0.05) is 36.5 Å². The molecule has 1 aliphatic heterocycles. The van der Waals surface area contributed by atoms with E-state index < -0.39 is 0 Å². The number of carbonyl (C=O) groups excluding carboxylic acids is 1. The number of nitrogens with zero attached hydrogens (tertiary/aromatic N) is 1. The number of hydrogen-bond acceptors (Lipinski definition) is 4. The molecule has 0 fully saturated rings. The van der Waals surface area contributed by atoms with Gasteiger partial charge in [-0.15, -0.1) is 11.8 Å². The molecule has 1 N–H and O–H groups in total.